The largest absolute Gasteiger partial charge is 0.371 e. The van der Waals surface area contributed by atoms with Gasteiger partial charge in [0, 0.05) is 30.6 Å². The summed E-state index contributed by atoms with van der Waals surface area (Å²) >= 11 is 3.67. The van der Waals surface area contributed by atoms with Gasteiger partial charge in [-0.05, 0) is 32.1 Å². The zero-order valence-corrected chi connectivity index (χ0v) is 14.5. The lowest BCUT2D eigenvalue weighted by Gasteiger charge is -2.47. The molecule has 1 spiro atoms. The molecule has 120 valence electrons. The molecule has 1 aliphatic carbocycles. The van der Waals surface area contributed by atoms with Crippen molar-refractivity contribution in [2.24, 2.45) is 5.92 Å². The smallest absolute Gasteiger partial charge is 0.222 e. The molecule has 22 heavy (non-hydrogen) atoms. The maximum Gasteiger partial charge on any atom is 0.222 e. The Hall–Kier alpha value is -0.590. The van der Waals surface area contributed by atoms with E-state index in [0.717, 1.165) is 42.4 Å². The molecule has 0 N–H and O–H groups in total. The standard InChI is InChI=1S/C16H22N2O2S2/c1-11-17-13(7-21-11)6-20-14-5-16(22-8-14)9-18(10-16)15(19)4-12-2-3-12/h7,12,14H,2-6,8-10H2,1H3/t14-/m0/s1. The van der Waals surface area contributed by atoms with Gasteiger partial charge in [-0.1, -0.05) is 0 Å². The van der Waals surface area contributed by atoms with Gasteiger partial charge >= 0.3 is 0 Å². The molecule has 0 bridgehead atoms. The fraction of sp³-hybridized carbons (Fsp3) is 0.750. The molecule has 4 nitrogen and oxygen atoms in total. The summed E-state index contributed by atoms with van der Waals surface area (Å²) in [5, 5.41) is 3.18. The summed E-state index contributed by atoms with van der Waals surface area (Å²) < 4.78 is 6.30. The van der Waals surface area contributed by atoms with Crippen LogP contribution in [0.15, 0.2) is 5.38 Å². The predicted molar refractivity (Wildman–Crippen MR) is 89.2 cm³/mol. The van der Waals surface area contributed by atoms with Crippen LogP contribution in [0.1, 0.15) is 36.4 Å². The van der Waals surface area contributed by atoms with E-state index in [9.17, 15) is 4.79 Å². The summed E-state index contributed by atoms with van der Waals surface area (Å²) in [5.41, 5.74) is 1.04. The second kappa shape index (κ2) is 5.80. The van der Waals surface area contributed by atoms with E-state index in [4.69, 9.17) is 4.74 Å². The molecule has 1 aromatic rings. The van der Waals surface area contributed by atoms with Crippen molar-refractivity contribution in [2.45, 2.75) is 50.1 Å². The third-order valence-electron chi connectivity index (χ3n) is 4.78. The molecule has 0 radical (unpaired) electrons. The Balaban J connectivity index is 1.22. The number of aryl methyl sites for hydroxylation is 1. The van der Waals surface area contributed by atoms with Crippen molar-refractivity contribution in [2.75, 3.05) is 18.8 Å². The quantitative estimate of drug-likeness (QED) is 0.828. The number of likely N-dealkylation sites (tertiary alicyclic amines) is 1. The lowest BCUT2D eigenvalue weighted by Crippen LogP contribution is -2.60. The number of ether oxygens (including phenoxy) is 1. The van der Waals surface area contributed by atoms with Gasteiger partial charge in [-0.3, -0.25) is 4.79 Å². The van der Waals surface area contributed by atoms with E-state index < -0.39 is 0 Å². The van der Waals surface area contributed by atoms with Gasteiger partial charge in [0.15, 0.2) is 0 Å². The molecule has 3 fully saturated rings. The fourth-order valence-corrected chi connectivity index (χ4v) is 5.48. The number of carbonyl (C=O) groups excluding carboxylic acids is 1. The molecule has 2 saturated heterocycles. The predicted octanol–water partition coefficient (Wildman–Crippen LogP) is 2.85. The van der Waals surface area contributed by atoms with Gasteiger partial charge in [-0.15, -0.1) is 23.1 Å². The van der Waals surface area contributed by atoms with Crippen LogP contribution in [0.2, 0.25) is 0 Å². The van der Waals surface area contributed by atoms with E-state index in [1.807, 2.05) is 18.7 Å². The first-order valence-corrected chi connectivity index (χ1v) is 9.93. The van der Waals surface area contributed by atoms with E-state index in [1.165, 1.54) is 12.8 Å². The maximum atomic E-state index is 12.1. The lowest BCUT2D eigenvalue weighted by atomic mass is 9.92. The van der Waals surface area contributed by atoms with Crippen molar-refractivity contribution in [1.82, 2.24) is 9.88 Å². The average molecular weight is 338 g/mol. The summed E-state index contributed by atoms with van der Waals surface area (Å²) in [7, 11) is 0. The molecule has 3 heterocycles. The van der Waals surface area contributed by atoms with Crippen molar-refractivity contribution in [1.29, 1.82) is 0 Å². The molecule has 1 atom stereocenters. The number of hydrogen-bond donors (Lipinski definition) is 0. The summed E-state index contributed by atoms with van der Waals surface area (Å²) in [5.74, 6) is 2.11. The number of amides is 1. The van der Waals surface area contributed by atoms with E-state index in [-0.39, 0.29) is 4.75 Å². The minimum atomic E-state index is 0.280. The number of nitrogens with zero attached hydrogens (tertiary/aromatic N) is 2. The highest BCUT2D eigenvalue weighted by molar-refractivity contribution is 8.01. The van der Waals surface area contributed by atoms with Crippen molar-refractivity contribution in [3.05, 3.63) is 16.1 Å². The molecule has 0 aromatic carbocycles. The van der Waals surface area contributed by atoms with Crippen molar-refractivity contribution < 1.29 is 9.53 Å². The molecule has 1 aromatic heterocycles. The first kappa shape index (κ1) is 15.0. The van der Waals surface area contributed by atoms with Crippen LogP contribution in [0.3, 0.4) is 0 Å². The van der Waals surface area contributed by atoms with E-state index >= 15 is 0 Å². The fourth-order valence-electron chi connectivity index (χ4n) is 3.33. The minimum absolute atomic E-state index is 0.280. The summed E-state index contributed by atoms with van der Waals surface area (Å²) in [6.45, 7) is 4.50. The van der Waals surface area contributed by atoms with Crippen LogP contribution >= 0.6 is 23.1 Å². The average Bonchev–Trinajstić information content (AvgIpc) is 2.99. The van der Waals surface area contributed by atoms with E-state index in [0.29, 0.717) is 24.5 Å². The number of hydrogen-bond acceptors (Lipinski definition) is 5. The monoisotopic (exact) mass is 338 g/mol. The molecule has 0 unspecified atom stereocenters. The van der Waals surface area contributed by atoms with Crippen molar-refractivity contribution >= 4 is 29.0 Å². The molecule has 1 amide bonds. The molecular weight excluding hydrogens is 316 g/mol. The zero-order chi connectivity index (χ0) is 15.2. The van der Waals surface area contributed by atoms with Crippen LogP contribution < -0.4 is 0 Å². The lowest BCUT2D eigenvalue weighted by molar-refractivity contribution is -0.137. The minimum Gasteiger partial charge on any atom is -0.371 e. The van der Waals surface area contributed by atoms with E-state index in [1.54, 1.807) is 11.3 Å². The van der Waals surface area contributed by atoms with Gasteiger partial charge < -0.3 is 9.64 Å². The highest BCUT2D eigenvalue weighted by atomic mass is 32.2. The second-order valence-electron chi connectivity index (χ2n) is 6.89. The summed E-state index contributed by atoms with van der Waals surface area (Å²) in [6.07, 6.45) is 4.68. The van der Waals surface area contributed by atoms with Gasteiger partial charge in [0.05, 0.1) is 28.2 Å². The topological polar surface area (TPSA) is 42.4 Å². The SMILES string of the molecule is Cc1nc(CO[C@@H]2CSC3(C2)CN(C(=O)CC2CC2)C3)cs1. The molecular formula is C16H22N2O2S2. The summed E-state index contributed by atoms with van der Waals surface area (Å²) in [4.78, 5) is 18.6. The summed E-state index contributed by atoms with van der Waals surface area (Å²) in [6, 6.07) is 0. The number of rotatable bonds is 5. The first-order valence-electron chi connectivity index (χ1n) is 8.06. The van der Waals surface area contributed by atoms with Crippen LogP contribution in [0.5, 0.6) is 0 Å². The number of carbonyl (C=O) groups is 1. The van der Waals surface area contributed by atoms with Crippen LogP contribution in [-0.2, 0) is 16.1 Å². The van der Waals surface area contributed by atoms with Crippen LogP contribution in [-0.4, -0.2) is 45.5 Å². The Morgan fingerprint density at radius 2 is 2.32 bits per heavy atom. The molecule has 4 rings (SSSR count). The van der Waals surface area contributed by atoms with Crippen LogP contribution in [0.4, 0.5) is 0 Å². The van der Waals surface area contributed by atoms with E-state index in [2.05, 4.69) is 15.3 Å². The Kier molecular flexibility index (Phi) is 3.95. The number of aromatic nitrogens is 1. The van der Waals surface area contributed by atoms with Gasteiger partial charge in [-0.25, -0.2) is 4.98 Å². The Morgan fingerprint density at radius 3 is 3.00 bits per heavy atom. The third-order valence-corrected chi connectivity index (χ3v) is 7.18. The van der Waals surface area contributed by atoms with Gasteiger partial charge in [0.25, 0.3) is 0 Å². The Labute approximate surface area is 139 Å². The Morgan fingerprint density at radius 1 is 1.50 bits per heavy atom. The molecule has 1 saturated carbocycles. The highest BCUT2D eigenvalue weighted by Gasteiger charge is 2.51. The van der Waals surface area contributed by atoms with Crippen LogP contribution in [0, 0.1) is 12.8 Å². The van der Waals surface area contributed by atoms with Gasteiger partial charge in [-0.2, -0.15) is 0 Å². The molecule has 2 aliphatic heterocycles. The highest BCUT2D eigenvalue weighted by Crippen LogP contribution is 2.47. The molecule has 6 heteroatoms. The maximum absolute atomic E-state index is 12.1. The first-order chi connectivity index (χ1) is 10.6. The van der Waals surface area contributed by atoms with Crippen molar-refractivity contribution in [3.8, 4) is 0 Å². The second-order valence-corrected chi connectivity index (χ2v) is 9.44. The van der Waals surface area contributed by atoms with Crippen LogP contribution in [0.25, 0.3) is 0 Å². The number of thiazole rings is 1. The number of thioether (sulfide) groups is 1. The third kappa shape index (κ3) is 3.19. The normalized spacial score (nSPS) is 26.4. The van der Waals surface area contributed by atoms with Gasteiger partial charge in [0.1, 0.15) is 0 Å². The van der Waals surface area contributed by atoms with Gasteiger partial charge in [0.2, 0.25) is 5.91 Å². The Bertz CT molecular complexity index is 564. The van der Waals surface area contributed by atoms with Crippen molar-refractivity contribution in [3.63, 3.8) is 0 Å². The zero-order valence-electron chi connectivity index (χ0n) is 12.9. The molecule has 3 aliphatic rings.